The number of ketones is 1. The molecule has 3 aromatic carbocycles. The number of allylic oxidation sites excluding steroid dienone is 1. The van der Waals surface area contributed by atoms with Gasteiger partial charge in [0.15, 0.2) is 5.76 Å². The monoisotopic (exact) mass is 435 g/mol. The molecule has 0 fully saturated rings. The predicted octanol–water partition coefficient (Wildman–Crippen LogP) is 5.39. The number of nitro groups is 1. The smallest absolute Gasteiger partial charge is 0.345 e. The molecule has 31 heavy (non-hydrogen) atoms. The molecule has 1 aliphatic rings. The first kappa shape index (κ1) is 20.3. The van der Waals surface area contributed by atoms with Gasteiger partial charge in [0.05, 0.1) is 21.1 Å². The molecule has 1 heterocycles. The molecule has 4 rings (SSSR count). The highest BCUT2D eigenvalue weighted by atomic mass is 35.5. The molecule has 0 spiro atoms. The number of nitrogens with zero attached hydrogens (tertiary/aromatic N) is 1. The summed E-state index contributed by atoms with van der Waals surface area (Å²) < 4.78 is 11.1. The second kappa shape index (κ2) is 8.04. The van der Waals surface area contributed by atoms with E-state index in [0.717, 1.165) is 0 Å². The summed E-state index contributed by atoms with van der Waals surface area (Å²) in [5.74, 6) is -0.535. The number of carbonyl (C=O) groups excluding carboxylic acids is 2. The summed E-state index contributed by atoms with van der Waals surface area (Å²) in [6, 6.07) is 15.4. The molecule has 0 saturated heterocycles. The van der Waals surface area contributed by atoms with E-state index in [4.69, 9.17) is 21.1 Å². The predicted molar refractivity (Wildman–Crippen MR) is 114 cm³/mol. The van der Waals surface area contributed by atoms with Crippen LogP contribution in [0.5, 0.6) is 11.5 Å². The number of hydrogen-bond donors (Lipinski definition) is 0. The lowest BCUT2D eigenvalue weighted by molar-refractivity contribution is -0.384. The molecule has 1 aliphatic heterocycles. The lowest BCUT2D eigenvalue weighted by Gasteiger charge is -2.08. The van der Waals surface area contributed by atoms with E-state index in [-0.39, 0.29) is 39.3 Å². The van der Waals surface area contributed by atoms with Crippen molar-refractivity contribution in [3.05, 3.63) is 104 Å². The zero-order valence-corrected chi connectivity index (χ0v) is 16.9. The lowest BCUT2D eigenvalue weighted by atomic mass is 10.0. The van der Waals surface area contributed by atoms with Gasteiger partial charge in [-0.05, 0) is 42.3 Å². The van der Waals surface area contributed by atoms with E-state index in [2.05, 4.69) is 0 Å². The van der Waals surface area contributed by atoms with Crippen LogP contribution in [0.25, 0.3) is 6.08 Å². The summed E-state index contributed by atoms with van der Waals surface area (Å²) in [5.41, 5.74) is 1.47. The summed E-state index contributed by atoms with van der Waals surface area (Å²) in [7, 11) is 0. The van der Waals surface area contributed by atoms with Crippen molar-refractivity contribution in [2.24, 2.45) is 0 Å². The van der Waals surface area contributed by atoms with Gasteiger partial charge in [-0.25, -0.2) is 4.79 Å². The zero-order chi connectivity index (χ0) is 22.1. The van der Waals surface area contributed by atoms with Crippen LogP contribution in [0.4, 0.5) is 5.69 Å². The summed E-state index contributed by atoms with van der Waals surface area (Å²) in [5, 5.41) is 11.2. The number of non-ortho nitro benzene ring substituents is 1. The van der Waals surface area contributed by atoms with Gasteiger partial charge in [-0.1, -0.05) is 35.9 Å². The first-order valence-corrected chi connectivity index (χ1v) is 9.51. The second-order valence-corrected chi connectivity index (χ2v) is 7.18. The maximum Gasteiger partial charge on any atom is 0.345 e. The van der Waals surface area contributed by atoms with E-state index >= 15 is 0 Å². The van der Waals surface area contributed by atoms with Crippen molar-refractivity contribution in [1.82, 2.24) is 0 Å². The van der Waals surface area contributed by atoms with E-state index < -0.39 is 10.9 Å². The van der Waals surface area contributed by atoms with Crippen LogP contribution in [0.2, 0.25) is 5.02 Å². The number of fused-ring (bicyclic) bond motifs is 1. The fourth-order valence-corrected chi connectivity index (χ4v) is 3.42. The van der Waals surface area contributed by atoms with Crippen LogP contribution in [0, 0.1) is 17.0 Å². The molecule has 154 valence electrons. The second-order valence-electron chi connectivity index (χ2n) is 6.77. The van der Waals surface area contributed by atoms with Gasteiger partial charge >= 0.3 is 5.97 Å². The van der Waals surface area contributed by atoms with Gasteiger partial charge in [0.1, 0.15) is 11.5 Å². The highest BCUT2D eigenvalue weighted by Crippen LogP contribution is 2.38. The Bertz CT molecular complexity index is 1280. The highest BCUT2D eigenvalue weighted by Gasteiger charge is 2.30. The Morgan fingerprint density at radius 2 is 1.90 bits per heavy atom. The Labute approximate surface area is 181 Å². The highest BCUT2D eigenvalue weighted by molar-refractivity contribution is 6.33. The molecular formula is C23H14ClNO6. The fraction of sp³-hybridized carbons (Fsp3) is 0.0435. The van der Waals surface area contributed by atoms with Gasteiger partial charge in [-0.15, -0.1) is 0 Å². The Morgan fingerprint density at radius 3 is 2.65 bits per heavy atom. The van der Waals surface area contributed by atoms with Gasteiger partial charge < -0.3 is 9.47 Å². The number of rotatable bonds is 4. The molecule has 0 unspecified atom stereocenters. The number of benzene rings is 3. The average molecular weight is 436 g/mol. The molecule has 0 bridgehead atoms. The number of carbonyl (C=O) groups is 2. The van der Waals surface area contributed by atoms with Crippen LogP contribution in [0.1, 0.15) is 31.8 Å². The van der Waals surface area contributed by atoms with Crippen molar-refractivity contribution in [2.75, 3.05) is 0 Å². The number of halogens is 1. The Morgan fingerprint density at radius 1 is 1.13 bits per heavy atom. The van der Waals surface area contributed by atoms with Gasteiger partial charge in [-0.3, -0.25) is 14.9 Å². The van der Waals surface area contributed by atoms with Crippen LogP contribution >= 0.6 is 11.6 Å². The van der Waals surface area contributed by atoms with E-state index in [0.29, 0.717) is 16.7 Å². The number of esters is 1. The van der Waals surface area contributed by atoms with Crippen LogP contribution in [-0.4, -0.2) is 16.7 Å². The summed E-state index contributed by atoms with van der Waals surface area (Å²) >= 11 is 6.04. The Balaban J connectivity index is 1.62. The van der Waals surface area contributed by atoms with E-state index in [1.807, 2.05) is 0 Å². The standard InChI is InChI=1S/C23H14ClNO6/c1-13-9-16(30-23(27)17-7-2-3-8-18(17)24)12-19-21(13)22(26)20(31-19)11-14-5-4-6-15(10-14)25(28)29/h2-12H,1H3/b20-11-. The van der Waals surface area contributed by atoms with Crippen molar-refractivity contribution in [3.8, 4) is 11.5 Å². The first-order chi connectivity index (χ1) is 14.8. The largest absolute Gasteiger partial charge is 0.452 e. The summed E-state index contributed by atoms with van der Waals surface area (Å²) in [6.45, 7) is 1.70. The molecule has 0 atom stereocenters. The van der Waals surface area contributed by atoms with Crippen molar-refractivity contribution in [3.63, 3.8) is 0 Å². The van der Waals surface area contributed by atoms with Crippen LogP contribution in [0.15, 0.2) is 66.4 Å². The van der Waals surface area contributed by atoms with Crippen molar-refractivity contribution in [2.45, 2.75) is 6.92 Å². The molecule has 0 amide bonds. The van der Waals surface area contributed by atoms with Crippen molar-refractivity contribution < 1.29 is 24.0 Å². The van der Waals surface area contributed by atoms with Gasteiger partial charge in [0.25, 0.3) is 5.69 Å². The van der Waals surface area contributed by atoms with Crippen LogP contribution < -0.4 is 9.47 Å². The number of aryl methyl sites for hydroxylation is 1. The van der Waals surface area contributed by atoms with Crippen LogP contribution in [-0.2, 0) is 0 Å². The normalized spacial score (nSPS) is 13.6. The average Bonchev–Trinajstić information content (AvgIpc) is 3.04. The molecule has 8 heteroatoms. The molecule has 0 N–H and O–H groups in total. The van der Waals surface area contributed by atoms with Crippen molar-refractivity contribution in [1.29, 1.82) is 0 Å². The van der Waals surface area contributed by atoms with E-state index in [1.165, 1.54) is 30.3 Å². The molecule has 0 aromatic heterocycles. The third kappa shape index (κ3) is 4.04. The first-order valence-electron chi connectivity index (χ1n) is 9.13. The maximum atomic E-state index is 12.8. The lowest BCUT2D eigenvalue weighted by Crippen LogP contribution is -2.09. The minimum absolute atomic E-state index is 0.0215. The molecule has 3 aromatic rings. The van der Waals surface area contributed by atoms with Crippen LogP contribution in [0.3, 0.4) is 0 Å². The topological polar surface area (TPSA) is 95.7 Å². The minimum Gasteiger partial charge on any atom is -0.452 e. The quantitative estimate of drug-likeness (QED) is 0.179. The maximum absolute atomic E-state index is 12.8. The number of hydrogen-bond acceptors (Lipinski definition) is 6. The Kier molecular flexibility index (Phi) is 5.27. The Hall–Kier alpha value is -3.97. The third-order valence-corrected chi connectivity index (χ3v) is 4.96. The summed E-state index contributed by atoms with van der Waals surface area (Å²) in [6.07, 6.45) is 1.43. The summed E-state index contributed by atoms with van der Waals surface area (Å²) in [4.78, 5) is 35.7. The van der Waals surface area contributed by atoms with E-state index in [1.54, 1.807) is 43.3 Å². The minimum atomic E-state index is -0.637. The number of nitro benzene ring substituents is 1. The number of Topliss-reactive ketones (excluding diaryl/α,β-unsaturated/α-hetero) is 1. The fourth-order valence-electron chi connectivity index (χ4n) is 3.20. The number of ether oxygens (including phenoxy) is 2. The third-order valence-electron chi connectivity index (χ3n) is 4.63. The molecule has 7 nitrogen and oxygen atoms in total. The molecule has 0 saturated carbocycles. The SMILES string of the molecule is Cc1cc(OC(=O)c2ccccc2Cl)cc2c1C(=O)/C(=C/c1cccc([N+](=O)[O-])c1)O2. The van der Waals surface area contributed by atoms with Gasteiger partial charge in [0.2, 0.25) is 5.78 Å². The van der Waals surface area contributed by atoms with Crippen molar-refractivity contribution >= 4 is 35.1 Å². The van der Waals surface area contributed by atoms with Gasteiger partial charge in [0, 0.05) is 18.2 Å². The van der Waals surface area contributed by atoms with E-state index in [9.17, 15) is 19.7 Å². The zero-order valence-electron chi connectivity index (χ0n) is 16.1. The molecular weight excluding hydrogens is 422 g/mol. The molecule has 0 radical (unpaired) electrons. The van der Waals surface area contributed by atoms with Gasteiger partial charge in [-0.2, -0.15) is 0 Å². The molecule has 0 aliphatic carbocycles.